The second kappa shape index (κ2) is 9.39. The molecule has 1 aromatic carbocycles. The number of aliphatic hydroxyl groups is 1. The van der Waals surface area contributed by atoms with Gasteiger partial charge in [0.15, 0.2) is 0 Å². The van der Waals surface area contributed by atoms with Gasteiger partial charge < -0.3 is 15.6 Å². The van der Waals surface area contributed by atoms with Crippen molar-refractivity contribution < 1.29 is 9.84 Å². The summed E-state index contributed by atoms with van der Waals surface area (Å²) in [6.07, 6.45) is 8.81. The molecule has 2 rings (SSSR count). The molecule has 0 aromatic heterocycles. The van der Waals surface area contributed by atoms with E-state index in [9.17, 15) is 5.11 Å². The molecule has 126 valence electrons. The topological polar surface area (TPSA) is 55.5 Å². The van der Waals surface area contributed by atoms with Gasteiger partial charge in [-0.1, -0.05) is 38.7 Å². The largest absolute Gasteiger partial charge is 0.494 e. The number of fused-ring (bicyclic) bond motifs is 1. The van der Waals surface area contributed by atoms with E-state index in [1.54, 1.807) is 0 Å². The van der Waals surface area contributed by atoms with Crippen LogP contribution in [-0.4, -0.2) is 23.9 Å². The third kappa shape index (κ3) is 5.45. The molecule has 1 aromatic rings. The summed E-state index contributed by atoms with van der Waals surface area (Å²) in [5.41, 5.74) is 8.33. The summed E-state index contributed by atoms with van der Waals surface area (Å²) < 4.78 is 5.85. The highest BCUT2D eigenvalue weighted by Gasteiger charge is 2.29. The van der Waals surface area contributed by atoms with Crippen LogP contribution >= 0.6 is 12.4 Å². The highest BCUT2D eigenvalue weighted by Crippen LogP contribution is 2.29. The Balaban J connectivity index is 0.00000242. The van der Waals surface area contributed by atoms with Crippen LogP contribution in [0.15, 0.2) is 18.2 Å². The van der Waals surface area contributed by atoms with Gasteiger partial charge in [-0.25, -0.2) is 0 Å². The molecule has 1 aliphatic carbocycles. The van der Waals surface area contributed by atoms with Crippen molar-refractivity contribution in [1.82, 2.24) is 0 Å². The molecule has 3 nitrogen and oxygen atoms in total. The lowest BCUT2D eigenvalue weighted by Crippen LogP contribution is -2.48. The minimum atomic E-state index is -0.453. The van der Waals surface area contributed by atoms with Crippen molar-refractivity contribution in [3.63, 3.8) is 0 Å². The molecule has 1 unspecified atom stereocenters. The van der Waals surface area contributed by atoms with E-state index in [1.807, 2.05) is 0 Å². The molecule has 1 aliphatic rings. The fraction of sp³-hybridized carbons (Fsp3) is 0.667. The molecule has 4 heteroatoms. The molecule has 0 saturated carbocycles. The second-order valence-corrected chi connectivity index (χ2v) is 6.39. The van der Waals surface area contributed by atoms with Crippen LogP contribution in [0.1, 0.15) is 56.6 Å². The van der Waals surface area contributed by atoms with Gasteiger partial charge in [0.05, 0.1) is 13.2 Å². The predicted molar refractivity (Wildman–Crippen MR) is 94.0 cm³/mol. The monoisotopic (exact) mass is 327 g/mol. The summed E-state index contributed by atoms with van der Waals surface area (Å²) in [5.74, 6) is 0.937. The Morgan fingerprint density at radius 3 is 2.68 bits per heavy atom. The summed E-state index contributed by atoms with van der Waals surface area (Å²) in [5, 5.41) is 9.43. The molecule has 0 heterocycles. The number of aryl methyl sites for hydroxylation is 1. The zero-order valence-corrected chi connectivity index (χ0v) is 14.5. The first-order chi connectivity index (χ1) is 10.2. The molecular weight excluding hydrogens is 298 g/mol. The van der Waals surface area contributed by atoms with Gasteiger partial charge in [0, 0.05) is 5.54 Å². The van der Waals surface area contributed by atoms with Gasteiger partial charge in [0.25, 0.3) is 0 Å². The van der Waals surface area contributed by atoms with Crippen LogP contribution < -0.4 is 10.5 Å². The highest BCUT2D eigenvalue weighted by molar-refractivity contribution is 5.85. The van der Waals surface area contributed by atoms with Crippen molar-refractivity contribution in [1.29, 1.82) is 0 Å². The lowest BCUT2D eigenvalue weighted by molar-refractivity contribution is 0.181. The molecule has 3 N–H and O–H groups in total. The number of ether oxygens (including phenoxy) is 1. The molecular formula is C18H30ClNO2. The second-order valence-electron chi connectivity index (χ2n) is 6.39. The first-order valence-electron chi connectivity index (χ1n) is 8.31. The van der Waals surface area contributed by atoms with E-state index < -0.39 is 5.54 Å². The molecule has 1 atom stereocenters. The number of nitrogens with two attached hydrogens (primary N) is 1. The van der Waals surface area contributed by atoms with E-state index in [1.165, 1.54) is 36.8 Å². The van der Waals surface area contributed by atoms with Crippen molar-refractivity contribution in [2.75, 3.05) is 13.2 Å². The molecule has 0 amide bonds. The van der Waals surface area contributed by atoms with Gasteiger partial charge in [0.1, 0.15) is 5.75 Å². The standard InChI is InChI=1S/C18H29NO2.ClH/c1-2-3-4-5-6-11-21-17-8-7-15-9-10-18(19,14-20)13-16(15)12-17;/h7-8,12,20H,2-6,9-11,13-14,19H2,1H3;1H. The Morgan fingerprint density at radius 2 is 1.95 bits per heavy atom. The van der Waals surface area contributed by atoms with Crippen LogP contribution in [0.4, 0.5) is 0 Å². The number of benzene rings is 1. The SMILES string of the molecule is CCCCCCCOc1ccc2c(c1)CC(N)(CO)CC2.Cl. The zero-order valence-electron chi connectivity index (χ0n) is 13.6. The first-order valence-corrected chi connectivity index (χ1v) is 8.31. The summed E-state index contributed by atoms with van der Waals surface area (Å²) in [4.78, 5) is 0. The van der Waals surface area contributed by atoms with E-state index in [4.69, 9.17) is 10.5 Å². The van der Waals surface area contributed by atoms with E-state index >= 15 is 0 Å². The molecule has 0 spiro atoms. The number of rotatable bonds is 8. The smallest absolute Gasteiger partial charge is 0.119 e. The van der Waals surface area contributed by atoms with Crippen LogP contribution in [0.25, 0.3) is 0 Å². The predicted octanol–water partition coefficient (Wildman–Crippen LogP) is 3.64. The molecule has 0 radical (unpaired) electrons. The van der Waals surface area contributed by atoms with Crippen LogP contribution in [0.3, 0.4) is 0 Å². The Kier molecular flexibility index (Phi) is 8.23. The number of unbranched alkanes of at least 4 members (excludes halogenated alkanes) is 4. The average molecular weight is 328 g/mol. The number of halogens is 1. The molecule has 0 bridgehead atoms. The average Bonchev–Trinajstić information content (AvgIpc) is 2.50. The van der Waals surface area contributed by atoms with Crippen molar-refractivity contribution in [2.45, 2.75) is 63.8 Å². The van der Waals surface area contributed by atoms with E-state index in [2.05, 4.69) is 25.1 Å². The lowest BCUT2D eigenvalue weighted by atomic mass is 9.79. The van der Waals surface area contributed by atoms with Crippen molar-refractivity contribution in [2.24, 2.45) is 5.73 Å². The van der Waals surface area contributed by atoms with Gasteiger partial charge in [-0.15, -0.1) is 12.4 Å². The first kappa shape index (κ1) is 19.3. The summed E-state index contributed by atoms with van der Waals surface area (Å²) >= 11 is 0. The maximum Gasteiger partial charge on any atom is 0.119 e. The van der Waals surface area contributed by atoms with Gasteiger partial charge in [0.2, 0.25) is 0 Å². The quantitative estimate of drug-likeness (QED) is 0.717. The number of hydrogen-bond donors (Lipinski definition) is 2. The van der Waals surface area contributed by atoms with E-state index in [-0.39, 0.29) is 19.0 Å². The summed E-state index contributed by atoms with van der Waals surface area (Å²) in [6.45, 7) is 3.07. The Bertz CT molecular complexity index is 453. The third-order valence-corrected chi connectivity index (χ3v) is 4.44. The normalized spacial score (nSPS) is 20.1. The summed E-state index contributed by atoms with van der Waals surface area (Å²) in [7, 11) is 0. The number of hydrogen-bond acceptors (Lipinski definition) is 3. The van der Waals surface area contributed by atoms with Gasteiger partial charge in [-0.2, -0.15) is 0 Å². The van der Waals surface area contributed by atoms with Crippen LogP contribution in [0, 0.1) is 0 Å². The van der Waals surface area contributed by atoms with Crippen LogP contribution in [0.2, 0.25) is 0 Å². The van der Waals surface area contributed by atoms with E-state index in [0.29, 0.717) is 0 Å². The minimum Gasteiger partial charge on any atom is -0.494 e. The Morgan fingerprint density at radius 1 is 1.18 bits per heavy atom. The molecule has 22 heavy (non-hydrogen) atoms. The number of aliphatic hydroxyl groups excluding tert-OH is 1. The lowest BCUT2D eigenvalue weighted by Gasteiger charge is -2.33. The Hall–Kier alpha value is -0.770. The maximum atomic E-state index is 9.43. The van der Waals surface area contributed by atoms with Gasteiger partial charge in [-0.05, 0) is 48.9 Å². The van der Waals surface area contributed by atoms with Crippen LogP contribution in [-0.2, 0) is 12.8 Å². The van der Waals surface area contributed by atoms with Gasteiger partial charge >= 0.3 is 0 Å². The zero-order chi connectivity index (χ0) is 15.1. The highest BCUT2D eigenvalue weighted by atomic mass is 35.5. The Labute approximate surface area is 140 Å². The van der Waals surface area contributed by atoms with Crippen molar-refractivity contribution in [3.05, 3.63) is 29.3 Å². The van der Waals surface area contributed by atoms with E-state index in [0.717, 1.165) is 38.0 Å². The van der Waals surface area contributed by atoms with Gasteiger partial charge in [-0.3, -0.25) is 0 Å². The fourth-order valence-corrected chi connectivity index (χ4v) is 2.98. The van der Waals surface area contributed by atoms with Crippen LogP contribution in [0.5, 0.6) is 5.75 Å². The minimum absolute atomic E-state index is 0. The molecule has 0 saturated heterocycles. The van der Waals surface area contributed by atoms with Crippen molar-refractivity contribution >= 4 is 12.4 Å². The fourth-order valence-electron chi connectivity index (χ4n) is 2.98. The third-order valence-electron chi connectivity index (χ3n) is 4.44. The molecule has 0 aliphatic heterocycles. The summed E-state index contributed by atoms with van der Waals surface area (Å²) in [6, 6.07) is 6.32. The molecule has 0 fully saturated rings. The van der Waals surface area contributed by atoms with Crippen molar-refractivity contribution in [3.8, 4) is 5.75 Å². The maximum absolute atomic E-state index is 9.43.